The van der Waals surface area contributed by atoms with Gasteiger partial charge in [0.2, 0.25) is 0 Å². The van der Waals surface area contributed by atoms with Gasteiger partial charge in [0.25, 0.3) is 0 Å². The van der Waals surface area contributed by atoms with E-state index in [0.717, 1.165) is 148 Å². The lowest BCUT2D eigenvalue weighted by atomic mass is 10.0. The topological polar surface area (TPSA) is 108 Å². The standard InChI is InChI=1S/C90H156O8/c1-10-12-14-16-18-20-22-24-28-33-38-42-46-50-54-74-87(93)97-85-77-95-89(90(85)98-88(94)75-55-51-47-43-39-34-29-25-23-21-19-17-15-13-11-2)84(76-91)96-86(92)73-53-49-45-41-37-35-31-27-26-30-32-36-40-44-48-52-63-79(5)67-59-71-83(9)72-61-69-81(7)65-57-56-64-80(6)68-60-70-82(8)66-58-62-78(3)4/h24-25,27-29,31,62,64-65,67,70,72,84-85,89-91H,10-23,26,30,32-61,63,66,68-69,71,73-77H2,1-9H3/t84-,85+,89-,90-/m1/s1. The van der Waals surface area contributed by atoms with Crippen LogP contribution < -0.4 is 0 Å². The highest BCUT2D eigenvalue weighted by molar-refractivity contribution is 5.71. The van der Waals surface area contributed by atoms with Gasteiger partial charge in [-0.05, 0) is 222 Å². The van der Waals surface area contributed by atoms with E-state index in [-0.39, 0.29) is 31.8 Å². The average molecular weight is 1370 g/mol. The molecule has 0 saturated carbocycles. The lowest BCUT2D eigenvalue weighted by molar-refractivity contribution is -0.175. The van der Waals surface area contributed by atoms with Crippen molar-refractivity contribution in [1.82, 2.24) is 0 Å². The molecule has 1 heterocycles. The van der Waals surface area contributed by atoms with E-state index in [0.29, 0.717) is 12.8 Å². The molecule has 8 nitrogen and oxygen atoms in total. The van der Waals surface area contributed by atoms with Crippen molar-refractivity contribution in [2.45, 2.75) is 433 Å². The summed E-state index contributed by atoms with van der Waals surface area (Å²) in [5.41, 5.74) is 9.06. The molecule has 4 atom stereocenters. The summed E-state index contributed by atoms with van der Waals surface area (Å²) in [6.07, 6.45) is 85.5. The lowest BCUT2D eigenvalue weighted by Gasteiger charge is -2.28. The highest BCUT2D eigenvalue weighted by Crippen LogP contribution is 2.28. The average Bonchev–Trinajstić information content (AvgIpc) is 1.67. The maximum Gasteiger partial charge on any atom is 0.306 e. The first-order valence-electron chi connectivity index (χ1n) is 41.5. The first kappa shape index (κ1) is 92.0. The van der Waals surface area contributed by atoms with Crippen LogP contribution in [-0.2, 0) is 33.3 Å². The van der Waals surface area contributed by atoms with Crippen LogP contribution in [0.1, 0.15) is 409 Å². The maximum absolute atomic E-state index is 13.4. The molecule has 0 aliphatic carbocycles. The summed E-state index contributed by atoms with van der Waals surface area (Å²) in [6, 6.07) is 0. The number of carbonyl (C=O) groups excluding carboxylic acids is 3. The summed E-state index contributed by atoms with van der Waals surface area (Å²) in [6.45, 7) is 19.9. The van der Waals surface area contributed by atoms with Crippen molar-refractivity contribution in [3.63, 3.8) is 0 Å². The van der Waals surface area contributed by atoms with Crippen LogP contribution in [0.2, 0.25) is 0 Å². The Labute approximate surface area is 606 Å². The number of aliphatic hydroxyl groups excluding tert-OH is 1. The van der Waals surface area contributed by atoms with Crippen LogP contribution in [0.25, 0.3) is 0 Å². The minimum absolute atomic E-state index is 0.00496. The van der Waals surface area contributed by atoms with Crippen molar-refractivity contribution in [1.29, 1.82) is 0 Å². The van der Waals surface area contributed by atoms with Gasteiger partial charge in [0.15, 0.2) is 18.3 Å². The predicted molar refractivity (Wildman–Crippen MR) is 423 cm³/mol. The van der Waals surface area contributed by atoms with Gasteiger partial charge >= 0.3 is 17.9 Å². The number of unbranched alkanes of at least 4 members (excludes halogenated alkanes) is 35. The molecule has 1 N–H and O–H groups in total. The predicted octanol–water partition coefficient (Wildman–Crippen LogP) is 27.6. The fourth-order valence-electron chi connectivity index (χ4n) is 13.0. The summed E-state index contributed by atoms with van der Waals surface area (Å²) in [4.78, 5) is 39.7. The number of aliphatic hydroxyl groups is 1. The molecule has 564 valence electrons. The zero-order valence-corrected chi connectivity index (χ0v) is 65.6. The van der Waals surface area contributed by atoms with Crippen LogP contribution in [0.4, 0.5) is 0 Å². The molecular weight excluding hydrogens is 1210 g/mol. The van der Waals surface area contributed by atoms with E-state index in [9.17, 15) is 19.5 Å². The second kappa shape index (κ2) is 68.7. The van der Waals surface area contributed by atoms with Gasteiger partial charge in [0.05, 0.1) is 13.2 Å². The molecule has 1 rings (SSSR count). The molecule has 98 heavy (non-hydrogen) atoms. The number of carbonyl (C=O) groups is 3. The van der Waals surface area contributed by atoms with Crippen LogP contribution >= 0.6 is 0 Å². The third kappa shape index (κ3) is 59.7. The zero-order chi connectivity index (χ0) is 71.4. The minimum Gasteiger partial charge on any atom is -0.457 e. The summed E-state index contributed by atoms with van der Waals surface area (Å²) >= 11 is 0. The first-order chi connectivity index (χ1) is 47.8. The Morgan fingerprint density at radius 2 is 0.622 bits per heavy atom. The second-order valence-corrected chi connectivity index (χ2v) is 29.7. The third-order valence-electron chi connectivity index (χ3n) is 19.5. The van der Waals surface area contributed by atoms with Crippen LogP contribution in [-0.4, -0.2) is 60.6 Å². The molecule has 0 amide bonds. The molecule has 1 saturated heterocycles. The van der Waals surface area contributed by atoms with Crippen molar-refractivity contribution in [3.05, 3.63) is 106 Å². The van der Waals surface area contributed by atoms with Gasteiger partial charge in [-0.3, -0.25) is 14.4 Å². The van der Waals surface area contributed by atoms with Gasteiger partial charge in [0, 0.05) is 19.3 Å². The minimum atomic E-state index is -1.04. The van der Waals surface area contributed by atoms with Gasteiger partial charge in [-0.25, -0.2) is 0 Å². The summed E-state index contributed by atoms with van der Waals surface area (Å²) in [7, 11) is 0. The van der Waals surface area contributed by atoms with E-state index < -0.39 is 43.0 Å². The number of ether oxygens (including phenoxy) is 4. The normalized spacial score (nSPS) is 16.1. The van der Waals surface area contributed by atoms with Gasteiger partial charge in [-0.1, -0.05) is 274 Å². The van der Waals surface area contributed by atoms with Gasteiger partial charge in [-0.15, -0.1) is 0 Å². The molecule has 0 radical (unpaired) electrons. The molecule has 1 fully saturated rings. The Hall–Kier alpha value is -4.01. The van der Waals surface area contributed by atoms with E-state index in [1.54, 1.807) is 5.57 Å². The largest absolute Gasteiger partial charge is 0.457 e. The van der Waals surface area contributed by atoms with Crippen molar-refractivity contribution < 1.29 is 38.4 Å². The fraction of sp³-hybridized carbons (Fsp3) is 0.767. The summed E-state index contributed by atoms with van der Waals surface area (Å²) in [5.74, 6) is -1.15. The van der Waals surface area contributed by atoms with Crippen molar-refractivity contribution in [3.8, 4) is 0 Å². The molecule has 0 unspecified atom stereocenters. The van der Waals surface area contributed by atoms with Crippen LogP contribution in [0.15, 0.2) is 106 Å². The van der Waals surface area contributed by atoms with Crippen molar-refractivity contribution in [2.24, 2.45) is 0 Å². The SMILES string of the molecule is CCCCCCCCC=CCCCCCCCC(=O)O[C@H]1[C@@H]([C@@H](CO)OC(=O)CCCCCCCC=CCCCCCCCCCC(C)=CCCC(C)=CCCC(C)=CCCC=C(C)CCC=C(C)CCC=C(C)C)OC[C@@H]1OC(=O)CCCCCCCC=CCCCCCCCC. The number of rotatable bonds is 68. The first-order valence-corrected chi connectivity index (χ1v) is 41.5. The highest BCUT2D eigenvalue weighted by atomic mass is 16.6. The van der Waals surface area contributed by atoms with Crippen LogP contribution in [0.5, 0.6) is 0 Å². The molecular formula is C90H156O8. The van der Waals surface area contributed by atoms with Gasteiger partial charge in [-0.2, -0.15) is 0 Å². The molecule has 1 aliphatic rings. The monoisotopic (exact) mass is 1370 g/mol. The second-order valence-electron chi connectivity index (χ2n) is 29.7. The van der Waals surface area contributed by atoms with E-state index in [1.165, 1.54) is 195 Å². The van der Waals surface area contributed by atoms with E-state index in [2.05, 4.69) is 135 Å². The summed E-state index contributed by atoms with van der Waals surface area (Å²) in [5, 5.41) is 10.5. The van der Waals surface area contributed by atoms with Crippen LogP contribution in [0, 0.1) is 0 Å². The Morgan fingerprint density at radius 1 is 0.337 bits per heavy atom. The smallest absolute Gasteiger partial charge is 0.306 e. The summed E-state index contributed by atoms with van der Waals surface area (Å²) < 4.78 is 23.8. The van der Waals surface area contributed by atoms with Gasteiger partial charge in [0.1, 0.15) is 6.10 Å². The number of esters is 3. The van der Waals surface area contributed by atoms with E-state index in [4.69, 9.17) is 18.9 Å². The molecule has 0 aromatic heterocycles. The molecule has 0 aromatic carbocycles. The Bertz CT molecular complexity index is 2200. The van der Waals surface area contributed by atoms with Crippen molar-refractivity contribution >= 4 is 17.9 Å². The Balaban J connectivity index is 2.33. The maximum atomic E-state index is 13.4. The zero-order valence-electron chi connectivity index (χ0n) is 65.6. The van der Waals surface area contributed by atoms with E-state index >= 15 is 0 Å². The van der Waals surface area contributed by atoms with Crippen LogP contribution in [0.3, 0.4) is 0 Å². The molecule has 8 heteroatoms. The lowest BCUT2D eigenvalue weighted by Crippen LogP contribution is -2.46. The molecule has 0 aromatic rings. The Morgan fingerprint density at radius 3 is 0.969 bits per heavy atom. The highest BCUT2D eigenvalue weighted by Gasteiger charge is 2.47. The van der Waals surface area contributed by atoms with Crippen molar-refractivity contribution in [2.75, 3.05) is 13.2 Å². The Kier molecular flexibility index (Phi) is 64.5. The van der Waals surface area contributed by atoms with Gasteiger partial charge < -0.3 is 24.1 Å². The molecule has 1 aliphatic heterocycles. The number of allylic oxidation sites excluding steroid dienone is 18. The quantitative estimate of drug-likeness (QED) is 0.0278. The number of hydrogen-bond donors (Lipinski definition) is 1. The van der Waals surface area contributed by atoms with E-state index in [1.807, 2.05) is 0 Å². The molecule has 0 spiro atoms. The molecule has 0 bridgehead atoms. The number of hydrogen-bond acceptors (Lipinski definition) is 8. The fourth-order valence-corrected chi connectivity index (χ4v) is 13.0. The third-order valence-corrected chi connectivity index (χ3v) is 19.5.